The molecule has 3 nitrogen and oxygen atoms in total. The van der Waals surface area contributed by atoms with Gasteiger partial charge in [-0.15, -0.1) is 11.6 Å². The lowest BCUT2D eigenvalue weighted by Gasteiger charge is -2.14. The third kappa shape index (κ3) is 2.97. The predicted octanol–water partition coefficient (Wildman–Crippen LogP) is 2.53. The van der Waals surface area contributed by atoms with Crippen molar-refractivity contribution in [3.8, 4) is 0 Å². The smallest absolute Gasteiger partial charge is 0.270 e. The lowest BCUT2D eigenvalue weighted by atomic mass is 10.0. The second-order valence-electron chi connectivity index (χ2n) is 4.79. The normalized spacial score (nSPS) is 16.6. The van der Waals surface area contributed by atoms with E-state index in [9.17, 15) is 4.79 Å². The molecule has 1 aromatic heterocycles. The van der Waals surface area contributed by atoms with Gasteiger partial charge in [-0.25, -0.2) is 0 Å². The quantitative estimate of drug-likeness (QED) is 0.819. The molecule has 1 aliphatic rings. The maximum Gasteiger partial charge on any atom is 0.270 e. The number of pyridine rings is 1. The van der Waals surface area contributed by atoms with Gasteiger partial charge in [0.1, 0.15) is 5.69 Å². The van der Waals surface area contributed by atoms with Gasteiger partial charge in [0.15, 0.2) is 0 Å². The van der Waals surface area contributed by atoms with Crippen LogP contribution in [-0.4, -0.2) is 23.3 Å². The molecule has 0 spiro atoms. The molecule has 0 aromatic carbocycles. The summed E-state index contributed by atoms with van der Waals surface area (Å²) in [5, 5.41) is 2.97. The van der Waals surface area contributed by atoms with Gasteiger partial charge in [-0.1, -0.05) is 6.07 Å². The topological polar surface area (TPSA) is 42.0 Å². The SMILES string of the molecule is Cc1cccnc1C(=O)NCC1(CCCl)CC1. The lowest BCUT2D eigenvalue weighted by molar-refractivity contribution is 0.0938. The highest BCUT2D eigenvalue weighted by Gasteiger charge is 2.41. The van der Waals surface area contributed by atoms with E-state index < -0.39 is 0 Å². The van der Waals surface area contributed by atoms with Crippen molar-refractivity contribution in [3.05, 3.63) is 29.6 Å². The molecule has 17 heavy (non-hydrogen) atoms. The van der Waals surface area contributed by atoms with Crippen LogP contribution in [0.1, 0.15) is 35.3 Å². The summed E-state index contributed by atoms with van der Waals surface area (Å²) < 4.78 is 0. The fourth-order valence-electron chi connectivity index (χ4n) is 1.97. The summed E-state index contributed by atoms with van der Waals surface area (Å²) in [4.78, 5) is 16.0. The molecule has 1 aromatic rings. The molecule has 1 N–H and O–H groups in total. The zero-order valence-corrected chi connectivity index (χ0v) is 10.8. The molecule has 1 aliphatic carbocycles. The molecule has 92 valence electrons. The van der Waals surface area contributed by atoms with Crippen LogP contribution in [0.5, 0.6) is 0 Å². The number of nitrogens with zero attached hydrogens (tertiary/aromatic N) is 1. The predicted molar refractivity (Wildman–Crippen MR) is 68.3 cm³/mol. The Bertz CT molecular complexity index is 416. The van der Waals surface area contributed by atoms with Gasteiger partial charge in [0.25, 0.3) is 5.91 Å². The number of halogens is 1. The second-order valence-corrected chi connectivity index (χ2v) is 5.17. The Balaban J connectivity index is 1.92. The molecule has 1 amide bonds. The van der Waals surface area contributed by atoms with Gasteiger partial charge in [0, 0.05) is 18.6 Å². The van der Waals surface area contributed by atoms with Crippen LogP contribution >= 0.6 is 11.6 Å². The Hall–Kier alpha value is -1.09. The van der Waals surface area contributed by atoms with Crippen LogP contribution in [-0.2, 0) is 0 Å². The Labute approximate surface area is 107 Å². The maximum absolute atomic E-state index is 11.9. The second kappa shape index (κ2) is 5.05. The van der Waals surface area contributed by atoms with Crippen LogP contribution in [0, 0.1) is 12.3 Å². The number of aromatic nitrogens is 1. The van der Waals surface area contributed by atoms with Gasteiger partial charge in [0.05, 0.1) is 0 Å². The first-order valence-corrected chi connectivity index (χ1v) is 6.46. The minimum absolute atomic E-state index is 0.0797. The number of carbonyl (C=O) groups excluding carboxylic acids is 1. The van der Waals surface area contributed by atoms with Crippen molar-refractivity contribution < 1.29 is 4.79 Å². The van der Waals surface area contributed by atoms with Crippen molar-refractivity contribution in [2.45, 2.75) is 26.2 Å². The Morgan fingerprint density at radius 1 is 1.59 bits per heavy atom. The number of aryl methyl sites for hydroxylation is 1. The van der Waals surface area contributed by atoms with E-state index in [0.29, 0.717) is 18.1 Å². The Morgan fingerprint density at radius 3 is 2.94 bits per heavy atom. The monoisotopic (exact) mass is 252 g/mol. The molecular weight excluding hydrogens is 236 g/mol. The number of amides is 1. The fraction of sp³-hybridized carbons (Fsp3) is 0.538. The standard InChI is InChI=1S/C13H17ClN2O/c1-10-3-2-8-15-11(10)12(17)16-9-13(4-5-13)6-7-14/h2-3,8H,4-7,9H2,1H3,(H,16,17). The summed E-state index contributed by atoms with van der Waals surface area (Å²) in [7, 11) is 0. The summed E-state index contributed by atoms with van der Waals surface area (Å²) in [6, 6.07) is 3.73. The number of alkyl halides is 1. The first-order chi connectivity index (χ1) is 8.17. The summed E-state index contributed by atoms with van der Waals surface area (Å²) in [5.41, 5.74) is 1.70. The van der Waals surface area contributed by atoms with Gasteiger partial charge >= 0.3 is 0 Å². The molecule has 1 heterocycles. The van der Waals surface area contributed by atoms with E-state index in [1.165, 1.54) is 12.8 Å². The molecule has 4 heteroatoms. The molecule has 1 fully saturated rings. The van der Waals surface area contributed by atoms with Crippen LogP contribution in [0.3, 0.4) is 0 Å². The van der Waals surface area contributed by atoms with Gasteiger partial charge < -0.3 is 5.32 Å². The summed E-state index contributed by atoms with van der Waals surface area (Å²) in [5.74, 6) is 0.585. The van der Waals surface area contributed by atoms with Gasteiger partial charge in [0.2, 0.25) is 0 Å². The number of carbonyl (C=O) groups is 1. The van der Waals surface area contributed by atoms with Crippen LogP contribution in [0.2, 0.25) is 0 Å². The minimum Gasteiger partial charge on any atom is -0.350 e. The van der Waals surface area contributed by atoms with Crippen molar-refractivity contribution in [2.75, 3.05) is 12.4 Å². The number of rotatable bonds is 5. The number of hydrogen-bond acceptors (Lipinski definition) is 2. The average Bonchev–Trinajstić information content (AvgIpc) is 3.08. The molecule has 0 unspecified atom stereocenters. The van der Waals surface area contributed by atoms with Crippen LogP contribution < -0.4 is 5.32 Å². The summed E-state index contributed by atoms with van der Waals surface area (Å²) in [6.45, 7) is 2.61. The van der Waals surface area contributed by atoms with Crippen LogP contribution in [0.4, 0.5) is 0 Å². The molecule has 0 aliphatic heterocycles. The summed E-state index contributed by atoms with van der Waals surface area (Å²) in [6.07, 6.45) is 4.96. The molecule has 0 saturated heterocycles. The van der Waals surface area contributed by atoms with E-state index in [1.807, 2.05) is 19.1 Å². The zero-order valence-electron chi connectivity index (χ0n) is 10.0. The van der Waals surface area contributed by atoms with E-state index in [1.54, 1.807) is 6.20 Å². The third-order valence-electron chi connectivity index (χ3n) is 3.43. The minimum atomic E-state index is -0.0797. The highest BCUT2D eigenvalue weighted by atomic mass is 35.5. The Morgan fingerprint density at radius 2 is 2.35 bits per heavy atom. The third-order valence-corrected chi connectivity index (χ3v) is 3.62. The zero-order chi connectivity index (χ0) is 12.3. The van der Waals surface area contributed by atoms with Crippen molar-refractivity contribution in [3.63, 3.8) is 0 Å². The molecule has 0 bridgehead atoms. The first kappa shape index (κ1) is 12.4. The number of nitrogens with one attached hydrogen (secondary N) is 1. The highest BCUT2D eigenvalue weighted by molar-refractivity contribution is 6.17. The van der Waals surface area contributed by atoms with Gasteiger partial charge in [-0.05, 0) is 43.2 Å². The first-order valence-electron chi connectivity index (χ1n) is 5.93. The van der Waals surface area contributed by atoms with E-state index in [-0.39, 0.29) is 11.3 Å². The van der Waals surface area contributed by atoms with Crippen LogP contribution in [0.15, 0.2) is 18.3 Å². The molecule has 1 saturated carbocycles. The number of hydrogen-bond donors (Lipinski definition) is 1. The molecule has 0 radical (unpaired) electrons. The summed E-state index contributed by atoms with van der Waals surface area (Å²) >= 11 is 5.76. The molecule has 0 atom stereocenters. The van der Waals surface area contributed by atoms with Crippen molar-refractivity contribution >= 4 is 17.5 Å². The van der Waals surface area contributed by atoms with Gasteiger partial charge in [-0.2, -0.15) is 0 Å². The van der Waals surface area contributed by atoms with Crippen molar-refractivity contribution in [1.29, 1.82) is 0 Å². The fourth-order valence-corrected chi connectivity index (χ4v) is 2.37. The van der Waals surface area contributed by atoms with Crippen molar-refractivity contribution in [2.24, 2.45) is 5.41 Å². The Kier molecular flexibility index (Phi) is 3.67. The van der Waals surface area contributed by atoms with E-state index in [2.05, 4.69) is 10.3 Å². The van der Waals surface area contributed by atoms with Gasteiger partial charge in [-0.3, -0.25) is 9.78 Å². The lowest BCUT2D eigenvalue weighted by Crippen LogP contribution is -2.31. The van der Waals surface area contributed by atoms with E-state index in [0.717, 1.165) is 12.0 Å². The largest absolute Gasteiger partial charge is 0.350 e. The maximum atomic E-state index is 11.9. The highest BCUT2D eigenvalue weighted by Crippen LogP contribution is 2.48. The van der Waals surface area contributed by atoms with Crippen molar-refractivity contribution in [1.82, 2.24) is 10.3 Å². The van der Waals surface area contributed by atoms with E-state index in [4.69, 9.17) is 11.6 Å². The molecule has 2 rings (SSSR count). The molecular formula is C13H17ClN2O. The van der Waals surface area contributed by atoms with Crippen LogP contribution in [0.25, 0.3) is 0 Å². The van der Waals surface area contributed by atoms with E-state index >= 15 is 0 Å². The average molecular weight is 253 g/mol.